The second-order valence-electron chi connectivity index (χ2n) is 7.98. The van der Waals surface area contributed by atoms with Gasteiger partial charge in [0.05, 0.1) is 12.5 Å². The molecule has 1 atom stereocenters. The van der Waals surface area contributed by atoms with Gasteiger partial charge in [-0.1, -0.05) is 17.7 Å². The average molecular weight is 463 g/mol. The van der Waals surface area contributed by atoms with Gasteiger partial charge in [-0.05, 0) is 25.0 Å². The molecule has 9 nitrogen and oxygen atoms in total. The number of amides is 1. The number of halogens is 2. The lowest BCUT2D eigenvalue weighted by atomic mass is 9.97. The first kappa shape index (κ1) is 22.1. The molecule has 0 radical (unpaired) electrons. The van der Waals surface area contributed by atoms with E-state index in [1.165, 1.54) is 30.8 Å². The molecule has 0 aliphatic carbocycles. The molecule has 1 unspecified atom stereocenters. The zero-order valence-corrected chi connectivity index (χ0v) is 18.8. The lowest BCUT2D eigenvalue weighted by Crippen LogP contribution is -2.43. The number of imidazole rings is 1. The van der Waals surface area contributed by atoms with E-state index in [-0.39, 0.29) is 40.1 Å². The summed E-state index contributed by atoms with van der Waals surface area (Å²) >= 11 is 6.27. The van der Waals surface area contributed by atoms with E-state index in [9.17, 15) is 18.8 Å². The Hall–Kier alpha value is -3.14. The van der Waals surface area contributed by atoms with Crippen LogP contribution in [0.3, 0.4) is 0 Å². The highest BCUT2D eigenvalue weighted by Crippen LogP contribution is 2.28. The first-order valence-electron chi connectivity index (χ1n) is 10.3. The molecule has 0 bridgehead atoms. The van der Waals surface area contributed by atoms with Crippen LogP contribution in [0.5, 0.6) is 0 Å². The highest BCUT2D eigenvalue weighted by atomic mass is 35.5. The van der Waals surface area contributed by atoms with Crippen LogP contribution in [-0.4, -0.2) is 44.7 Å². The minimum absolute atomic E-state index is 0.0497. The van der Waals surface area contributed by atoms with E-state index < -0.39 is 17.1 Å². The average Bonchev–Trinajstić information content (AvgIpc) is 3.17. The van der Waals surface area contributed by atoms with Crippen LogP contribution in [0.15, 0.2) is 27.8 Å². The number of fused-ring (bicyclic) bond motifs is 1. The normalized spacial score (nSPS) is 16.5. The van der Waals surface area contributed by atoms with E-state index in [4.69, 9.17) is 11.6 Å². The minimum Gasteiger partial charge on any atom is -0.359 e. The van der Waals surface area contributed by atoms with E-state index >= 15 is 0 Å². The number of benzene rings is 1. The predicted octanol–water partition coefficient (Wildman–Crippen LogP) is 1.24. The van der Waals surface area contributed by atoms with Crippen molar-refractivity contribution in [2.75, 3.05) is 25.0 Å². The van der Waals surface area contributed by atoms with Gasteiger partial charge in [0, 0.05) is 44.8 Å². The van der Waals surface area contributed by atoms with Gasteiger partial charge in [-0.25, -0.2) is 9.18 Å². The highest BCUT2D eigenvalue weighted by Gasteiger charge is 2.30. The molecule has 2 aromatic heterocycles. The fourth-order valence-electron chi connectivity index (χ4n) is 4.24. The van der Waals surface area contributed by atoms with Gasteiger partial charge in [-0.2, -0.15) is 4.98 Å². The molecule has 3 aromatic rings. The monoisotopic (exact) mass is 462 g/mol. The SMILES string of the molecule is CNC(=O)C1CCCN(c2nc3c(c(=O)n(C)c(=O)n3C)n2Cc2c(F)cccc2Cl)C1. The van der Waals surface area contributed by atoms with Crippen molar-refractivity contribution < 1.29 is 9.18 Å². The molecular formula is C21H24ClFN6O3. The molecule has 170 valence electrons. The molecule has 1 fully saturated rings. The topological polar surface area (TPSA) is 94.2 Å². The summed E-state index contributed by atoms with van der Waals surface area (Å²) in [5.74, 6) is -0.427. The maximum absolute atomic E-state index is 14.6. The molecule has 1 aromatic carbocycles. The van der Waals surface area contributed by atoms with Crippen molar-refractivity contribution in [1.29, 1.82) is 0 Å². The summed E-state index contributed by atoms with van der Waals surface area (Å²) in [6.07, 6.45) is 1.48. The smallest absolute Gasteiger partial charge is 0.332 e. The summed E-state index contributed by atoms with van der Waals surface area (Å²) in [4.78, 5) is 44.3. The summed E-state index contributed by atoms with van der Waals surface area (Å²) < 4.78 is 18.5. The van der Waals surface area contributed by atoms with Crippen LogP contribution in [0.2, 0.25) is 5.02 Å². The van der Waals surface area contributed by atoms with Crippen LogP contribution < -0.4 is 21.5 Å². The summed E-state index contributed by atoms with van der Waals surface area (Å²) in [6.45, 7) is 0.949. The zero-order valence-electron chi connectivity index (χ0n) is 18.1. The van der Waals surface area contributed by atoms with Crippen LogP contribution in [0.1, 0.15) is 18.4 Å². The molecule has 1 saturated heterocycles. The van der Waals surface area contributed by atoms with Gasteiger partial charge in [-0.3, -0.25) is 23.3 Å². The molecule has 0 spiro atoms. The van der Waals surface area contributed by atoms with Crippen LogP contribution in [0, 0.1) is 11.7 Å². The Morgan fingerprint density at radius 2 is 2.03 bits per heavy atom. The molecule has 0 saturated carbocycles. The fourth-order valence-corrected chi connectivity index (χ4v) is 4.47. The molecule has 11 heteroatoms. The molecule has 32 heavy (non-hydrogen) atoms. The van der Waals surface area contributed by atoms with Crippen molar-refractivity contribution in [1.82, 2.24) is 24.0 Å². The summed E-state index contributed by atoms with van der Waals surface area (Å²) in [7, 11) is 4.51. The van der Waals surface area contributed by atoms with Crippen LogP contribution in [0.25, 0.3) is 11.2 Å². The van der Waals surface area contributed by atoms with Crippen molar-refractivity contribution in [2.45, 2.75) is 19.4 Å². The van der Waals surface area contributed by atoms with Gasteiger partial charge in [0.1, 0.15) is 5.82 Å². The fraction of sp³-hybridized carbons (Fsp3) is 0.429. The second-order valence-corrected chi connectivity index (χ2v) is 8.38. The zero-order chi connectivity index (χ0) is 23.2. The maximum Gasteiger partial charge on any atom is 0.332 e. The Bertz CT molecular complexity index is 1310. The number of aromatic nitrogens is 4. The lowest BCUT2D eigenvalue weighted by Gasteiger charge is -2.32. The van der Waals surface area contributed by atoms with Gasteiger partial charge < -0.3 is 10.2 Å². The highest BCUT2D eigenvalue weighted by molar-refractivity contribution is 6.31. The third-order valence-electron chi connectivity index (χ3n) is 6.03. The number of rotatable bonds is 4. The van der Waals surface area contributed by atoms with Gasteiger partial charge in [-0.15, -0.1) is 0 Å². The van der Waals surface area contributed by atoms with E-state index in [0.717, 1.165) is 17.4 Å². The standard InChI is InChI=1S/C21H24ClFN6O3/c1-24-18(30)12-6-5-9-28(10-12)20-25-17-16(19(31)27(3)21(32)26(17)2)29(20)11-13-14(22)7-4-8-15(13)23/h4,7-8,12H,5-6,9-11H2,1-3H3,(H,24,30). The van der Waals surface area contributed by atoms with E-state index in [2.05, 4.69) is 10.3 Å². The number of carbonyl (C=O) groups excluding carboxylic acids is 1. The van der Waals surface area contributed by atoms with Crippen molar-refractivity contribution in [3.05, 3.63) is 55.4 Å². The van der Waals surface area contributed by atoms with Crippen molar-refractivity contribution in [3.8, 4) is 0 Å². The molecule has 1 amide bonds. The second kappa shape index (κ2) is 8.42. The Morgan fingerprint density at radius 1 is 1.28 bits per heavy atom. The maximum atomic E-state index is 14.6. The number of carbonyl (C=O) groups is 1. The molecular weight excluding hydrogens is 439 g/mol. The summed E-state index contributed by atoms with van der Waals surface area (Å²) in [5, 5.41) is 2.90. The van der Waals surface area contributed by atoms with Crippen molar-refractivity contribution >= 4 is 34.6 Å². The molecule has 1 aliphatic rings. The molecule has 3 heterocycles. The van der Waals surface area contributed by atoms with Crippen LogP contribution >= 0.6 is 11.6 Å². The van der Waals surface area contributed by atoms with Crippen LogP contribution in [-0.2, 0) is 25.4 Å². The third-order valence-corrected chi connectivity index (χ3v) is 6.38. The number of piperidine rings is 1. The number of nitrogens with one attached hydrogen (secondary N) is 1. The van der Waals surface area contributed by atoms with Gasteiger partial charge >= 0.3 is 5.69 Å². The van der Waals surface area contributed by atoms with E-state index in [1.807, 2.05) is 4.90 Å². The van der Waals surface area contributed by atoms with Crippen molar-refractivity contribution in [3.63, 3.8) is 0 Å². The van der Waals surface area contributed by atoms with Crippen molar-refractivity contribution in [2.24, 2.45) is 20.0 Å². The quantitative estimate of drug-likeness (QED) is 0.629. The number of anilines is 1. The predicted molar refractivity (Wildman–Crippen MR) is 120 cm³/mol. The lowest BCUT2D eigenvalue weighted by molar-refractivity contribution is -0.124. The Kier molecular flexibility index (Phi) is 5.81. The molecule has 1 aliphatic heterocycles. The van der Waals surface area contributed by atoms with Crippen LogP contribution in [0.4, 0.5) is 10.3 Å². The molecule has 4 rings (SSSR count). The van der Waals surface area contributed by atoms with Gasteiger partial charge in [0.2, 0.25) is 11.9 Å². The number of hydrogen-bond acceptors (Lipinski definition) is 5. The van der Waals surface area contributed by atoms with E-state index in [0.29, 0.717) is 19.0 Å². The minimum atomic E-state index is -0.533. The number of aryl methyl sites for hydroxylation is 1. The molecule has 1 N–H and O–H groups in total. The van der Waals surface area contributed by atoms with E-state index in [1.54, 1.807) is 17.7 Å². The number of hydrogen-bond donors (Lipinski definition) is 1. The largest absolute Gasteiger partial charge is 0.359 e. The first-order valence-corrected chi connectivity index (χ1v) is 10.7. The Balaban J connectivity index is 1.94. The van der Waals surface area contributed by atoms with Gasteiger partial charge in [0.15, 0.2) is 11.2 Å². The summed E-state index contributed by atoms with van der Waals surface area (Å²) in [6, 6.07) is 4.39. The Morgan fingerprint density at radius 3 is 2.72 bits per heavy atom. The van der Waals surface area contributed by atoms with Gasteiger partial charge in [0.25, 0.3) is 5.56 Å². The summed E-state index contributed by atoms with van der Waals surface area (Å²) in [5.41, 5.74) is -0.460. The Labute approximate surface area is 188 Å². The first-order chi connectivity index (χ1) is 15.2. The number of nitrogens with zero attached hydrogens (tertiary/aromatic N) is 5. The third kappa shape index (κ3) is 3.58.